The first kappa shape index (κ1) is 14.3. The lowest BCUT2D eigenvalue weighted by Crippen LogP contribution is -2.13. The summed E-state index contributed by atoms with van der Waals surface area (Å²) < 4.78 is 0. The van der Waals surface area contributed by atoms with Gasteiger partial charge in [0.15, 0.2) is 0 Å². The number of benzene rings is 1. The quantitative estimate of drug-likeness (QED) is 0.765. The summed E-state index contributed by atoms with van der Waals surface area (Å²) in [6.07, 6.45) is 3.44. The number of hydrogen-bond acceptors (Lipinski definition) is 2. The third-order valence-electron chi connectivity index (χ3n) is 4.04. The van der Waals surface area contributed by atoms with E-state index in [0.717, 1.165) is 13.0 Å². The number of nitrogens with zero attached hydrogens (tertiary/aromatic N) is 1. The molecule has 1 aliphatic carbocycles. The summed E-state index contributed by atoms with van der Waals surface area (Å²) in [5, 5.41) is 2.14. The van der Waals surface area contributed by atoms with E-state index in [0.29, 0.717) is 0 Å². The maximum Gasteiger partial charge on any atom is 0.0276 e. The van der Waals surface area contributed by atoms with Gasteiger partial charge in [-0.2, -0.15) is 0 Å². The summed E-state index contributed by atoms with van der Waals surface area (Å²) in [4.78, 5) is 3.58. The van der Waals surface area contributed by atoms with Crippen molar-refractivity contribution in [2.24, 2.45) is 0 Å². The third-order valence-corrected chi connectivity index (χ3v) is 4.86. The van der Waals surface area contributed by atoms with Gasteiger partial charge in [0.05, 0.1) is 0 Å². The molecular formula is C19H21NS. The Kier molecular flexibility index (Phi) is 4.09. The van der Waals surface area contributed by atoms with Gasteiger partial charge in [-0.25, -0.2) is 0 Å². The van der Waals surface area contributed by atoms with Gasteiger partial charge in [-0.05, 0) is 72.8 Å². The summed E-state index contributed by atoms with van der Waals surface area (Å²) in [6.45, 7) is 3.36. The van der Waals surface area contributed by atoms with E-state index in [9.17, 15) is 0 Å². The van der Waals surface area contributed by atoms with Gasteiger partial charge in [0.1, 0.15) is 0 Å². The van der Waals surface area contributed by atoms with Crippen LogP contribution in [0.3, 0.4) is 0 Å². The Hall–Kier alpha value is -1.64. The van der Waals surface area contributed by atoms with Crippen LogP contribution in [0.2, 0.25) is 0 Å². The van der Waals surface area contributed by atoms with Crippen LogP contribution in [0.25, 0.3) is 17.2 Å². The number of thiophene rings is 1. The van der Waals surface area contributed by atoms with Crippen molar-refractivity contribution in [2.75, 3.05) is 20.6 Å². The molecule has 3 rings (SSSR count). The first-order chi connectivity index (χ1) is 10.2. The molecule has 0 atom stereocenters. The minimum atomic E-state index is 1.09. The monoisotopic (exact) mass is 295 g/mol. The molecule has 1 nitrogen and oxygen atoms in total. The number of fused-ring (bicyclic) bond motifs is 1. The van der Waals surface area contributed by atoms with Gasteiger partial charge in [0, 0.05) is 11.4 Å². The molecule has 21 heavy (non-hydrogen) atoms. The molecule has 1 heterocycles. The van der Waals surface area contributed by atoms with Crippen molar-refractivity contribution in [3.8, 4) is 0 Å². The predicted molar refractivity (Wildman–Crippen MR) is 94.4 cm³/mol. The van der Waals surface area contributed by atoms with Gasteiger partial charge in [-0.3, -0.25) is 0 Å². The molecule has 1 aromatic carbocycles. The third kappa shape index (κ3) is 2.87. The Morgan fingerprint density at radius 2 is 1.81 bits per heavy atom. The Balaban J connectivity index is 2.04. The molecule has 1 aliphatic rings. The lowest BCUT2D eigenvalue weighted by Gasteiger charge is -2.11. The van der Waals surface area contributed by atoms with Crippen LogP contribution in [-0.2, 0) is 0 Å². The van der Waals surface area contributed by atoms with Crippen LogP contribution in [0.5, 0.6) is 0 Å². The molecule has 0 saturated heterocycles. The normalized spacial score (nSPS) is 16.1. The molecule has 0 N–H and O–H groups in total. The molecule has 0 spiro atoms. The highest BCUT2D eigenvalue weighted by Crippen LogP contribution is 2.43. The highest BCUT2D eigenvalue weighted by molar-refractivity contribution is 7.10. The van der Waals surface area contributed by atoms with Gasteiger partial charge in [0.2, 0.25) is 0 Å². The highest BCUT2D eigenvalue weighted by atomic mass is 32.1. The van der Waals surface area contributed by atoms with Crippen LogP contribution in [-0.4, -0.2) is 25.5 Å². The van der Waals surface area contributed by atoms with Gasteiger partial charge >= 0.3 is 0 Å². The smallest absolute Gasteiger partial charge is 0.0276 e. The van der Waals surface area contributed by atoms with Crippen LogP contribution in [0.15, 0.2) is 47.4 Å². The van der Waals surface area contributed by atoms with E-state index in [1.165, 1.54) is 32.7 Å². The van der Waals surface area contributed by atoms with Crippen molar-refractivity contribution < 1.29 is 0 Å². The lowest BCUT2D eigenvalue weighted by molar-refractivity contribution is 0.419. The number of allylic oxidation sites excluding steroid dienone is 2. The minimum absolute atomic E-state index is 1.09. The fourth-order valence-corrected chi connectivity index (χ4v) is 3.56. The fourth-order valence-electron chi connectivity index (χ4n) is 2.91. The second-order valence-electron chi connectivity index (χ2n) is 5.78. The average molecular weight is 295 g/mol. The van der Waals surface area contributed by atoms with Crippen LogP contribution >= 0.6 is 11.3 Å². The molecule has 1 aromatic heterocycles. The van der Waals surface area contributed by atoms with E-state index < -0.39 is 0 Å². The molecule has 108 valence electrons. The van der Waals surface area contributed by atoms with E-state index in [1.807, 2.05) is 0 Å². The largest absolute Gasteiger partial charge is 0.309 e. The van der Waals surface area contributed by atoms with E-state index in [2.05, 4.69) is 73.8 Å². The second-order valence-corrected chi connectivity index (χ2v) is 6.76. The molecule has 0 fully saturated rings. The van der Waals surface area contributed by atoms with Crippen molar-refractivity contribution in [3.05, 3.63) is 63.4 Å². The molecule has 0 bridgehead atoms. The molecule has 0 aliphatic heterocycles. The maximum absolute atomic E-state index is 2.33. The standard InChI is InChI=1S/C19H21NS/c1-14-16(10-11-20(2)3)17-8-4-5-9-18(17)19(14)13-15-7-6-12-21-15/h4-9,12-13H,10-11H2,1-3H3/b19-13+. The first-order valence-corrected chi connectivity index (χ1v) is 8.24. The van der Waals surface area contributed by atoms with E-state index >= 15 is 0 Å². The minimum Gasteiger partial charge on any atom is -0.309 e. The Bertz CT molecular complexity index is 690. The van der Waals surface area contributed by atoms with Crippen molar-refractivity contribution in [1.29, 1.82) is 0 Å². The van der Waals surface area contributed by atoms with Crippen LogP contribution < -0.4 is 0 Å². The molecule has 2 aromatic rings. The summed E-state index contributed by atoms with van der Waals surface area (Å²) in [5.41, 5.74) is 7.13. The first-order valence-electron chi connectivity index (χ1n) is 7.36. The Labute approximate surface area is 131 Å². The SMILES string of the molecule is CC1=C(CCN(C)C)c2ccccc2/C1=C/c1cccs1. The molecule has 0 radical (unpaired) electrons. The molecule has 0 amide bonds. The van der Waals surface area contributed by atoms with Crippen molar-refractivity contribution >= 4 is 28.6 Å². The van der Waals surface area contributed by atoms with Crippen LogP contribution in [0, 0.1) is 0 Å². The fraction of sp³-hybridized carbons (Fsp3) is 0.263. The van der Waals surface area contributed by atoms with Gasteiger partial charge < -0.3 is 4.90 Å². The zero-order chi connectivity index (χ0) is 14.8. The highest BCUT2D eigenvalue weighted by Gasteiger charge is 2.22. The number of hydrogen-bond donors (Lipinski definition) is 0. The molecule has 0 saturated carbocycles. The summed E-state index contributed by atoms with van der Waals surface area (Å²) in [7, 11) is 4.28. The Morgan fingerprint density at radius 1 is 1.05 bits per heavy atom. The van der Waals surface area contributed by atoms with Crippen molar-refractivity contribution in [2.45, 2.75) is 13.3 Å². The molecule has 0 unspecified atom stereocenters. The molecular weight excluding hydrogens is 274 g/mol. The summed E-state index contributed by atoms with van der Waals surface area (Å²) in [6, 6.07) is 13.1. The predicted octanol–water partition coefficient (Wildman–Crippen LogP) is 5.03. The van der Waals surface area contributed by atoms with Crippen molar-refractivity contribution in [1.82, 2.24) is 4.90 Å². The van der Waals surface area contributed by atoms with Crippen molar-refractivity contribution in [3.63, 3.8) is 0 Å². The van der Waals surface area contributed by atoms with Gasteiger partial charge in [-0.1, -0.05) is 30.3 Å². The van der Waals surface area contributed by atoms with Crippen LogP contribution in [0.4, 0.5) is 0 Å². The molecule has 2 heteroatoms. The average Bonchev–Trinajstić information content (AvgIpc) is 3.06. The van der Waals surface area contributed by atoms with E-state index in [-0.39, 0.29) is 0 Å². The van der Waals surface area contributed by atoms with E-state index in [1.54, 1.807) is 11.3 Å². The van der Waals surface area contributed by atoms with E-state index in [4.69, 9.17) is 0 Å². The van der Waals surface area contributed by atoms with Gasteiger partial charge in [-0.15, -0.1) is 11.3 Å². The lowest BCUT2D eigenvalue weighted by atomic mass is 10.0. The Morgan fingerprint density at radius 3 is 2.48 bits per heavy atom. The van der Waals surface area contributed by atoms with Crippen LogP contribution in [0.1, 0.15) is 29.3 Å². The zero-order valence-electron chi connectivity index (χ0n) is 12.9. The maximum atomic E-state index is 2.33. The second kappa shape index (κ2) is 6.00. The topological polar surface area (TPSA) is 3.24 Å². The summed E-state index contributed by atoms with van der Waals surface area (Å²) >= 11 is 1.80. The van der Waals surface area contributed by atoms with Gasteiger partial charge in [0.25, 0.3) is 0 Å². The summed E-state index contributed by atoms with van der Waals surface area (Å²) in [5.74, 6) is 0. The zero-order valence-corrected chi connectivity index (χ0v) is 13.7. The number of rotatable bonds is 4.